The predicted octanol–water partition coefficient (Wildman–Crippen LogP) is 6.43. The zero-order chi connectivity index (χ0) is 29.2. The van der Waals surface area contributed by atoms with Gasteiger partial charge in [-0.2, -0.15) is 13.2 Å². The maximum absolute atomic E-state index is 13.7. The summed E-state index contributed by atoms with van der Waals surface area (Å²) in [5.41, 5.74) is -4.28. The van der Waals surface area contributed by atoms with Crippen molar-refractivity contribution in [3.05, 3.63) is 65.0 Å². The Morgan fingerprint density at radius 2 is 1.62 bits per heavy atom. The third kappa shape index (κ3) is 7.03. The molecule has 210 valence electrons. The van der Waals surface area contributed by atoms with E-state index in [1.807, 2.05) is 0 Å². The van der Waals surface area contributed by atoms with Crippen molar-refractivity contribution in [2.45, 2.75) is 26.4 Å². The van der Waals surface area contributed by atoms with Crippen LogP contribution in [0.4, 0.5) is 26.3 Å². The van der Waals surface area contributed by atoms with E-state index in [9.17, 15) is 35.9 Å². The minimum atomic E-state index is -5.06. The first-order chi connectivity index (χ1) is 18.0. The number of alkyl halides is 6. The van der Waals surface area contributed by atoms with Crippen LogP contribution in [0.25, 0.3) is 22.1 Å². The van der Waals surface area contributed by atoms with Crippen LogP contribution in [-0.4, -0.2) is 38.8 Å². The second-order valence-corrected chi connectivity index (χ2v) is 8.76. The number of hydrogen-bond acceptors (Lipinski definition) is 7. The zero-order valence-electron chi connectivity index (χ0n) is 20.8. The Labute approximate surface area is 217 Å². The molecule has 1 aromatic heterocycles. The first-order valence-corrected chi connectivity index (χ1v) is 11.1. The molecule has 0 bridgehead atoms. The topological polar surface area (TPSA) is 84.2 Å². The molecule has 1 heterocycles. The molecule has 0 aliphatic carbocycles. The summed E-state index contributed by atoms with van der Waals surface area (Å²) in [5, 5.41) is 0.236. The Morgan fingerprint density at radius 1 is 0.949 bits per heavy atom. The van der Waals surface area contributed by atoms with E-state index in [0.717, 1.165) is 19.1 Å². The third-order valence-electron chi connectivity index (χ3n) is 5.52. The molecule has 39 heavy (non-hydrogen) atoms. The van der Waals surface area contributed by atoms with Gasteiger partial charge in [-0.3, -0.25) is 0 Å². The van der Waals surface area contributed by atoms with Gasteiger partial charge < -0.3 is 23.4 Å². The molecule has 1 atom stereocenters. The Morgan fingerprint density at radius 3 is 2.21 bits per heavy atom. The van der Waals surface area contributed by atoms with Gasteiger partial charge >= 0.3 is 24.1 Å². The summed E-state index contributed by atoms with van der Waals surface area (Å²) in [6.45, 7) is 3.44. The van der Waals surface area contributed by atoms with Crippen LogP contribution < -0.4 is 19.8 Å². The SMILES string of the molecule is C=C(C)C(=O)OCC(C)(COc1ccc2cc(-c3ccc(OC)cc3OC(F)(F)F)c(=O)oc2c1)C(F)(F)F. The lowest BCUT2D eigenvalue weighted by molar-refractivity contribution is -0.274. The van der Waals surface area contributed by atoms with E-state index < -0.39 is 48.5 Å². The second-order valence-electron chi connectivity index (χ2n) is 8.76. The number of rotatable bonds is 9. The highest BCUT2D eigenvalue weighted by Gasteiger charge is 2.53. The largest absolute Gasteiger partial charge is 0.573 e. The van der Waals surface area contributed by atoms with Gasteiger partial charge in [0.15, 0.2) is 0 Å². The normalized spacial score (nSPS) is 13.5. The van der Waals surface area contributed by atoms with Crippen molar-refractivity contribution in [3.8, 4) is 28.4 Å². The van der Waals surface area contributed by atoms with E-state index in [0.29, 0.717) is 0 Å². The van der Waals surface area contributed by atoms with Crippen molar-refractivity contribution in [1.82, 2.24) is 0 Å². The van der Waals surface area contributed by atoms with E-state index in [2.05, 4.69) is 11.3 Å². The van der Waals surface area contributed by atoms with Gasteiger partial charge in [0.1, 0.15) is 41.5 Å². The van der Waals surface area contributed by atoms with Gasteiger partial charge in [0.05, 0.1) is 12.7 Å². The number of halogens is 6. The molecule has 0 fully saturated rings. The molecule has 0 N–H and O–H groups in total. The molecular weight excluding hydrogens is 538 g/mol. The minimum Gasteiger partial charge on any atom is -0.497 e. The van der Waals surface area contributed by atoms with Crippen molar-refractivity contribution < 1.29 is 54.5 Å². The standard InChI is InChI=1S/C26H22F6O7/c1-14(2)22(33)37-13-24(3,25(27,28)29)12-36-17-6-5-15-9-19(23(34)38-20(15)11-17)18-8-7-16(35-4)10-21(18)39-26(30,31)32/h5-11H,1,12-13H2,2-4H3. The van der Waals surface area contributed by atoms with E-state index in [1.165, 1.54) is 44.4 Å². The van der Waals surface area contributed by atoms with Crippen molar-refractivity contribution >= 4 is 16.9 Å². The van der Waals surface area contributed by atoms with Gasteiger partial charge in [0.25, 0.3) is 0 Å². The fourth-order valence-corrected chi connectivity index (χ4v) is 3.23. The number of methoxy groups -OCH3 is 1. The van der Waals surface area contributed by atoms with Crippen molar-refractivity contribution in [3.63, 3.8) is 0 Å². The van der Waals surface area contributed by atoms with E-state index in [4.69, 9.17) is 18.6 Å². The maximum Gasteiger partial charge on any atom is 0.573 e. The van der Waals surface area contributed by atoms with E-state index >= 15 is 0 Å². The number of esters is 1. The van der Waals surface area contributed by atoms with Crippen LogP contribution in [0.3, 0.4) is 0 Å². The highest BCUT2D eigenvalue weighted by atomic mass is 19.4. The highest BCUT2D eigenvalue weighted by Crippen LogP contribution is 2.40. The van der Waals surface area contributed by atoms with Gasteiger partial charge in [-0.15, -0.1) is 13.2 Å². The van der Waals surface area contributed by atoms with Gasteiger partial charge in [-0.1, -0.05) is 6.58 Å². The van der Waals surface area contributed by atoms with Gasteiger partial charge in [-0.05, 0) is 44.2 Å². The van der Waals surface area contributed by atoms with Crippen LogP contribution in [0.1, 0.15) is 13.8 Å². The Balaban J connectivity index is 1.91. The van der Waals surface area contributed by atoms with Crippen LogP contribution in [-0.2, 0) is 9.53 Å². The fourth-order valence-electron chi connectivity index (χ4n) is 3.23. The Hall–Kier alpha value is -4.16. The molecule has 0 amide bonds. The molecule has 0 saturated heterocycles. The predicted molar refractivity (Wildman–Crippen MR) is 127 cm³/mol. The van der Waals surface area contributed by atoms with Crippen LogP contribution in [0, 0.1) is 5.41 Å². The van der Waals surface area contributed by atoms with Crippen molar-refractivity contribution in [2.75, 3.05) is 20.3 Å². The molecule has 7 nitrogen and oxygen atoms in total. The number of ether oxygens (including phenoxy) is 4. The van der Waals surface area contributed by atoms with Crippen LogP contribution in [0.2, 0.25) is 0 Å². The molecule has 0 aliphatic heterocycles. The average Bonchev–Trinajstić information content (AvgIpc) is 2.83. The molecule has 0 aliphatic rings. The molecular formula is C26H22F6O7. The second kappa shape index (κ2) is 10.9. The Bertz CT molecular complexity index is 1440. The minimum absolute atomic E-state index is 0.0465. The van der Waals surface area contributed by atoms with Gasteiger partial charge in [-0.25, -0.2) is 9.59 Å². The van der Waals surface area contributed by atoms with Gasteiger partial charge in [0, 0.05) is 28.7 Å². The third-order valence-corrected chi connectivity index (χ3v) is 5.52. The van der Waals surface area contributed by atoms with Crippen molar-refractivity contribution in [2.24, 2.45) is 5.41 Å². The van der Waals surface area contributed by atoms with Crippen LogP contribution in [0.5, 0.6) is 17.2 Å². The van der Waals surface area contributed by atoms with E-state index in [-0.39, 0.29) is 39.2 Å². The van der Waals surface area contributed by atoms with E-state index in [1.54, 1.807) is 0 Å². The number of benzene rings is 2. The number of carbonyl (C=O) groups is 1. The first-order valence-electron chi connectivity index (χ1n) is 11.1. The smallest absolute Gasteiger partial charge is 0.497 e. The molecule has 2 aromatic carbocycles. The summed E-state index contributed by atoms with van der Waals surface area (Å²) in [6.07, 6.45) is -9.87. The Kier molecular flexibility index (Phi) is 8.22. The summed E-state index contributed by atoms with van der Waals surface area (Å²) in [6, 6.07) is 8.49. The molecule has 0 saturated carbocycles. The molecule has 0 spiro atoms. The van der Waals surface area contributed by atoms with Crippen molar-refractivity contribution in [1.29, 1.82) is 0 Å². The van der Waals surface area contributed by atoms with Crippen LogP contribution in [0.15, 0.2) is 63.8 Å². The monoisotopic (exact) mass is 560 g/mol. The summed E-state index contributed by atoms with van der Waals surface area (Å²) >= 11 is 0. The summed E-state index contributed by atoms with van der Waals surface area (Å²) in [7, 11) is 1.24. The lowest BCUT2D eigenvalue weighted by atomic mass is 9.92. The number of hydrogen-bond donors (Lipinski definition) is 0. The molecule has 3 aromatic rings. The quantitative estimate of drug-likeness (QED) is 0.129. The van der Waals surface area contributed by atoms with Gasteiger partial charge in [0.2, 0.25) is 0 Å². The number of fused-ring (bicyclic) bond motifs is 1. The molecule has 1 unspecified atom stereocenters. The molecule has 13 heteroatoms. The fraction of sp³-hybridized carbons (Fsp3) is 0.308. The maximum atomic E-state index is 13.7. The lowest BCUT2D eigenvalue weighted by Gasteiger charge is -2.31. The highest BCUT2D eigenvalue weighted by molar-refractivity contribution is 5.87. The summed E-state index contributed by atoms with van der Waals surface area (Å²) in [5.74, 6) is -1.75. The first kappa shape index (κ1) is 29.4. The zero-order valence-corrected chi connectivity index (χ0v) is 20.8. The molecule has 3 rings (SSSR count). The summed E-state index contributed by atoms with van der Waals surface area (Å²) < 4.78 is 104. The lowest BCUT2D eigenvalue weighted by Crippen LogP contribution is -2.44. The average molecular weight is 560 g/mol. The van der Waals surface area contributed by atoms with Crippen LogP contribution >= 0.6 is 0 Å². The molecule has 0 radical (unpaired) electrons. The summed E-state index contributed by atoms with van der Waals surface area (Å²) in [4.78, 5) is 24.3. The number of carbonyl (C=O) groups excluding carboxylic acids is 1.